The lowest BCUT2D eigenvalue weighted by molar-refractivity contribution is -0.141. The number of rotatable bonds is 1. The third-order valence-corrected chi connectivity index (χ3v) is 2.32. The molecule has 0 radical (unpaired) electrons. The molecule has 0 atom stereocenters. The molecule has 0 aliphatic rings. The summed E-state index contributed by atoms with van der Waals surface area (Å²) in [5.74, 6) is 0. The number of hydrogen-bond donors (Lipinski definition) is 0. The number of halogens is 6. The maximum atomic E-state index is 12.5. The number of alkyl halides is 6. The van der Waals surface area contributed by atoms with Gasteiger partial charge in [-0.2, -0.15) is 31.4 Å². The Bertz CT molecular complexity index is 581. The summed E-state index contributed by atoms with van der Waals surface area (Å²) in [7, 11) is 0. The standard InChI is InChI=1S/C11H6F6N2/c12-10(13,14)7-2-1-3-8(6-7)19-5-4-9(18-19)11(15,16)17/h1-6H. The summed E-state index contributed by atoms with van der Waals surface area (Å²) >= 11 is 0. The van der Waals surface area contributed by atoms with Crippen molar-refractivity contribution in [2.24, 2.45) is 0 Å². The maximum Gasteiger partial charge on any atom is 0.435 e. The van der Waals surface area contributed by atoms with E-state index in [1.54, 1.807) is 0 Å². The average molecular weight is 280 g/mol. The molecule has 102 valence electrons. The van der Waals surface area contributed by atoms with Crippen LogP contribution in [0.1, 0.15) is 11.3 Å². The van der Waals surface area contributed by atoms with Gasteiger partial charge in [-0.25, -0.2) is 4.68 Å². The summed E-state index contributed by atoms with van der Waals surface area (Å²) in [6.45, 7) is 0. The predicted molar refractivity (Wildman–Crippen MR) is 53.6 cm³/mol. The summed E-state index contributed by atoms with van der Waals surface area (Å²) in [5.41, 5.74) is -2.20. The van der Waals surface area contributed by atoms with Crippen molar-refractivity contribution in [1.82, 2.24) is 9.78 Å². The number of benzene rings is 1. The summed E-state index contributed by atoms with van der Waals surface area (Å²) in [4.78, 5) is 0. The minimum absolute atomic E-state index is 0.0923. The van der Waals surface area contributed by atoms with E-state index in [-0.39, 0.29) is 5.69 Å². The highest BCUT2D eigenvalue weighted by Gasteiger charge is 2.34. The molecule has 2 aromatic rings. The molecule has 2 rings (SSSR count). The van der Waals surface area contributed by atoms with Gasteiger partial charge in [-0.05, 0) is 24.3 Å². The fourth-order valence-corrected chi connectivity index (χ4v) is 1.44. The van der Waals surface area contributed by atoms with E-state index >= 15 is 0 Å². The Balaban J connectivity index is 2.40. The SMILES string of the molecule is FC(F)(F)c1cccc(-n2ccc(C(F)(F)F)n2)c1. The largest absolute Gasteiger partial charge is 0.435 e. The zero-order valence-corrected chi connectivity index (χ0v) is 9.13. The number of aromatic nitrogens is 2. The molecule has 0 saturated carbocycles. The van der Waals surface area contributed by atoms with Gasteiger partial charge in [0.25, 0.3) is 0 Å². The van der Waals surface area contributed by atoms with E-state index in [0.717, 1.165) is 29.1 Å². The van der Waals surface area contributed by atoms with Gasteiger partial charge in [0.1, 0.15) is 0 Å². The van der Waals surface area contributed by atoms with Crippen molar-refractivity contribution in [1.29, 1.82) is 0 Å². The van der Waals surface area contributed by atoms with Crippen LogP contribution in [0.3, 0.4) is 0 Å². The second-order valence-corrected chi connectivity index (χ2v) is 3.69. The van der Waals surface area contributed by atoms with Crippen LogP contribution in [-0.4, -0.2) is 9.78 Å². The van der Waals surface area contributed by atoms with Crippen LogP contribution < -0.4 is 0 Å². The summed E-state index contributed by atoms with van der Waals surface area (Å²) < 4.78 is 75.1. The second kappa shape index (κ2) is 4.29. The molecule has 1 aromatic carbocycles. The van der Waals surface area contributed by atoms with Gasteiger partial charge in [0.05, 0.1) is 11.3 Å². The van der Waals surface area contributed by atoms with Crippen LogP contribution in [0, 0.1) is 0 Å². The molecule has 0 bridgehead atoms. The van der Waals surface area contributed by atoms with Crippen molar-refractivity contribution in [2.45, 2.75) is 12.4 Å². The normalized spacial score (nSPS) is 12.7. The van der Waals surface area contributed by atoms with E-state index < -0.39 is 23.6 Å². The molecule has 0 aliphatic carbocycles. The van der Waals surface area contributed by atoms with Crippen LogP contribution in [0.5, 0.6) is 0 Å². The minimum atomic E-state index is -4.63. The van der Waals surface area contributed by atoms with E-state index in [2.05, 4.69) is 5.10 Å². The Hall–Kier alpha value is -1.99. The zero-order chi connectivity index (χ0) is 14.3. The van der Waals surface area contributed by atoms with E-state index in [1.165, 1.54) is 6.07 Å². The maximum absolute atomic E-state index is 12.5. The van der Waals surface area contributed by atoms with Gasteiger partial charge >= 0.3 is 12.4 Å². The topological polar surface area (TPSA) is 17.8 Å². The minimum Gasteiger partial charge on any atom is -0.240 e. The predicted octanol–water partition coefficient (Wildman–Crippen LogP) is 3.91. The third-order valence-electron chi connectivity index (χ3n) is 2.32. The Kier molecular flexibility index (Phi) is 3.03. The fraction of sp³-hybridized carbons (Fsp3) is 0.182. The lowest BCUT2D eigenvalue weighted by Crippen LogP contribution is -2.08. The van der Waals surface area contributed by atoms with Gasteiger partial charge in [-0.1, -0.05) is 6.07 Å². The van der Waals surface area contributed by atoms with Crippen molar-refractivity contribution in [3.05, 3.63) is 47.8 Å². The van der Waals surface area contributed by atoms with Crippen molar-refractivity contribution < 1.29 is 26.3 Å². The van der Waals surface area contributed by atoms with Crippen molar-refractivity contribution in [2.75, 3.05) is 0 Å². The summed E-state index contributed by atoms with van der Waals surface area (Å²) in [5, 5.41) is 3.20. The van der Waals surface area contributed by atoms with E-state index in [1.807, 2.05) is 0 Å². The summed E-state index contributed by atoms with van der Waals surface area (Å²) in [6, 6.07) is 4.60. The van der Waals surface area contributed by atoms with E-state index in [4.69, 9.17) is 0 Å². The molecule has 1 aromatic heterocycles. The highest BCUT2D eigenvalue weighted by atomic mass is 19.4. The van der Waals surface area contributed by atoms with Crippen molar-refractivity contribution in [3.8, 4) is 5.69 Å². The molecule has 0 fully saturated rings. The molecule has 0 spiro atoms. The third kappa shape index (κ3) is 2.88. The monoisotopic (exact) mass is 280 g/mol. The molecule has 19 heavy (non-hydrogen) atoms. The molecule has 8 heteroatoms. The van der Waals surface area contributed by atoms with Crippen LogP contribution in [0.15, 0.2) is 36.5 Å². The molecule has 0 aliphatic heterocycles. The van der Waals surface area contributed by atoms with Crippen LogP contribution in [0.25, 0.3) is 5.69 Å². The van der Waals surface area contributed by atoms with Gasteiger partial charge in [0, 0.05) is 6.20 Å². The van der Waals surface area contributed by atoms with Crippen LogP contribution >= 0.6 is 0 Å². The van der Waals surface area contributed by atoms with Crippen LogP contribution in [0.4, 0.5) is 26.3 Å². The fourth-order valence-electron chi connectivity index (χ4n) is 1.44. The molecule has 2 nitrogen and oxygen atoms in total. The molecule has 0 N–H and O–H groups in total. The number of hydrogen-bond acceptors (Lipinski definition) is 1. The molecular weight excluding hydrogens is 274 g/mol. The Morgan fingerprint density at radius 2 is 1.58 bits per heavy atom. The summed E-state index contributed by atoms with van der Waals surface area (Å²) in [6.07, 6.45) is -8.23. The lowest BCUT2D eigenvalue weighted by Gasteiger charge is -2.08. The first-order valence-electron chi connectivity index (χ1n) is 4.98. The average Bonchev–Trinajstić information content (AvgIpc) is 2.77. The molecule has 0 amide bonds. The molecule has 1 heterocycles. The molecule has 0 saturated heterocycles. The Labute approximate surface area is 103 Å². The van der Waals surface area contributed by atoms with E-state index in [9.17, 15) is 26.3 Å². The Morgan fingerprint density at radius 1 is 0.895 bits per heavy atom. The first-order chi connectivity index (χ1) is 8.68. The second-order valence-electron chi connectivity index (χ2n) is 3.69. The highest BCUT2D eigenvalue weighted by Crippen LogP contribution is 2.31. The lowest BCUT2D eigenvalue weighted by atomic mass is 10.2. The smallest absolute Gasteiger partial charge is 0.240 e. The van der Waals surface area contributed by atoms with Gasteiger partial charge in [0.15, 0.2) is 5.69 Å². The Morgan fingerprint density at radius 3 is 2.11 bits per heavy atom. The first kappa shape index (κ1) is 13.4. The van der Waals surface area contributed by atoms with Gasteiger partial charge in [0.2, 0.25) is 0 Å². The number of nitrogens with zero attached hydrogens (tertiary/aromatic N) is 2. The quantitative estimate of drug-likeness (QED) is 0.724. The van der Waals surface area contributed by atoms with Crippen molar-refractivity contribution in [3.63, 3.8) is 0 Å². The molecule has 0 unspecified atom stereocenters. The first-order valence-corrected chi connectivity index (χ1v) is 4.98. The van der Waals surface area contributed by atoms with Crippen LogP contribution in [-0.2, 0) is 12.4 Å². The zero-order valence-electron chi connectivity index (χ0n) is 9.13. The van der Waals surface area contributed by atoms with Crippen molar-refractivity contribution >= 4 is 0 Å². The van der Waals surface area contributed by atoms with Crippen LogP contribution in [0.2, 0.25) is 0 Å². The highest BCUT2D eigenvalue weighted by molar-refractivity contribution is 5.36. The van der Waals surface area contributed by atoms with Gasteiger partial charge in [-0.15, -0.1) is 0 Å². The van der Waals surface area contributed by atoms with Gasteiger partial charge in [-0.3, -0.25) is 0 Å². The van der Waals surface area contributed by atoms with Gasteiger partial charge < -0.3 is 0 Å². The molecular formula is C11H6F6N2. The van der Waals surface area contributed by atoms with E-state index in [0.29, 0.717) is 6.07 Å².